The molecule has 0 radical (unpaired) electrons. The van der Waals surface area contributed by atoms with Gasteiger partial charge in [0.2, 0.25) is 10.0 Å². The van der Waals surface area contributed by atoms with Crippen LogP contribution in [0.5, 0.6) is 0 Å². The first kappa shape index (κ1) is 16.6. The molecule has 0 aliphatic heterocycles. The number of aliphatic hydroxyl groups excluding tert-OH is 1. The van der Waals surface area contributed by atoms with Crippen LogP contribution in [0.4, 0.5) is 4.39 Å². The average molecular weight is 350 g/mol. The molecule has 1 amide bonds. The van der Waals surface area contributed by atoms with Gasteiger partial charge in [-0.2, -0.15) is 0 Å². The Morgan fingerprint density at radius 3 is 2.67 bits per heavy atom. The van der Waals surface area contributed by atoms with Gasteiger partial charge in [-0.3, -0.25) is 4.79 Å². The quantitative estimate of drug-likeness (QED) is 0.763. The van der Waals surface area contributed by atoms with E-state index < -0.39 is 39.5 Å². The van der Waals surface area contributed by atoms with Crippen molar-refractivity contribution in [2.75, 3.05) is 0 Å². The Balaban J connectivity index is 1.91. The number of hydrogen-bond acceptors (Lipinski definition) is 4. The summed E-state index contributed by atoms with van der Waals surface area (Å²) in [5, 5.41) is 17.7. The zero-order valence-corrected chi connectivity index (χ0v) is 13.3. The van der Waals surface area contributed by atoms with Crippen LogP contribution >= 0.6 is 0 Å². The van der Waals surface area contributed by atoms with Crippen LogP contribution in [0, 0.1) is 5.82 Å². The Hall–Kier alpha value is -2.29. The molecule has 0 saturated heterocycles. The maximum Gasteiger partial charge on any atom is 0.254 e. The molecule has 0 heterocycles. The molecule has 0 spiro atoms. The molecule has 8 heteroatoms. The van der Waals surface area contributed by atoms with Crippen molar-refractivity contribution < 1.29 is 22.7 Å². The van der Waals surface area contributed by atoms with E-state index in [1.165, 1.54) is 0 Å². The number of primary sulfonamides is 1. The van der Waals surface area contributed by atoms with Crippen LogP contribution in [0.15, 0.2) is 47.4 Å². The van der Waals surface area contributed by atoms with Gasteiger partial charge in [0.15, 0.2) is 0 Å². The molecule has 3 rings (SSSR count). The molecule has 0 bridgehead atoms. The Morgan fingerprint density at radius 2 is 1.96 bits per heavy atom. The van der Waals surface area contributed by atoms with Crippen LogP contribution in [-0.2, 0) is 16.4 Å². The SMILES string of the molecule is NS(=O)(=O)c1ccc(F)c(C(=O)N[C@@H]2c3ccccc3C[C@@H]2O)c1. The topological polar surface area (TPSA) is 109 Å². The van der Waals surface area contributed by atoms with E-state index in [4.69, 9.17) is 5.14 Å². The fraction of sp³-hybridized carbons (Fsp3) is 0.188. The normalized spacial score (nSPS) is 19.8. The highest BCUT2D eigenvalue weighted by Crippen LogP contribution is 2.31. The number of halogens is 1. The second kappa shape index (κ2) is 5.97. The van der Waals surface area contributed by atoms with Crippen LogP contribution in [0.3, 0.4) is 0 Å². The van der Waals surface area contributed by atoms with Crippen molar-refractivity contribution in [1.82, 2.24) is 5.32 Å². The van der Waals surface area contributed by atoms with Gasteiger partial charge in [0.25, 0.3) is 5.91 Å². The van der Waals surface area contributed by atoms with Gasteiger partial charge in [-0.15, -0.1) is 0 Å². The van der Waals surface area contributed by atoms with E-state index in [0.717, 1.165) is 29.3 Å². The van der Waals surface area contributed by atoms with E-state index in [1.807, 2.05) is 12.1 Å². The summed E-state index contributed by atoms with van der Waals surface area (Å²) < 4.78 is 36.6. The number of aliphatic hydroxyl groups is 1. The minimum absolute atomic E-state index is 0.360. The highest BCUT2D eigenvalue weighted by molar-refractivity contribution is 7.89. The summed E-state index contributed by atoms with van der Waals surface area (Å²) in [7, 11) is -4.06. The van der Waals surface area contributed by atoms with Crippen molar-refractivity contribution in [3.8, 4) is 0 Å². The molecule has 1 aliphatic rings. The van der Waals surface area contributed by atoms with Gasteiger partial charge in [0.1, 0.15) is 5.82 Å². The predicted molar refractivity (Wildman–Crippen MR) is 84.1 cm³/mol. The Bertz CT molecular complexity index is 914. The summed E-state index contributed by atoms with van der Waals surface area (Å²) in [4.78, 5) is 12.0. The summed E-state index contributed by atoms with van der Waals surface area (Å²) in [5.41, 5.74) is 1.20. The standard InChI is InChI=1S/C16H15FN2O4S/c17-13-6-5-10(24(18,22)23)8-12(13)16(21)19-15-11-4-2-1-3-9(11)7-14(15)20/h1-6,8,14-15,20H,7H2,(H,19,21)(H2,18,22,23)/t14-,15+/m0/s1. The predicted octanol–water partition coefficient (Wildman–Crippen LogP) is 0.861. The number of nitrogens with two attached hydrogens (primary N) is 1. The lowest BCUT2D eigenvalue weighted by Gasteiger charge is -2.18. The maximum atomic E-state index is 13.9. The van der Waals surface area contributed by atoms with E-state index in [0.29, 0.717) is 6.42 Å². The van der Waals surface area contributed by atoms with Crippen molar-refractivity contribution >= 4 is 15.9 Å². The van der Waals surface area contributed by atoms with Crippen molar-refractivity contribution in [3.05, 3.63) is 65.0 Å². The van der Waals surface area contributed by atoms with Crippen molar-refractivity contribution in [2.24, 2.45) is 5.14 Å². The third-order valence-corrected chi connectivity index (χ3v) is 4.91. The molecule has 0 fully saturated rings. The van der Waals surface area contributed by atoms with Gasteiger partial charge < -0.3 is 10.4 Å². The first-order valence-electron chi connectivity index (χ1n) is 7.16. The first-order valence-corrected chi connectivity index (χ1v) is 8.71. The monoisotopic (exact) mass is 350 g/mol. The smallest absolute Gasteiger partial charge is 0.254 e. The zero-order valence-electron chi connectivity index (χ0n) is 12.4. The van der Waals surface area contributed by atoms with Crippen LogP contribution in [-0.4, -0.2) is 25.5 Å². The number of benzene rings is 2. The molecule has 126 valence electrons. The number of rotatable bonds is 3. The lowest BCUT2D eigenvalue weighted by atomic mass is 10.1. The van der Waals surface area contributed by atoms with E-state index in [-0.39, 0.29) is 4.90 Å². The average Bonchev–Trinajstić information content (AvgIpc) is 2.82. The minimum Gasteiger partial charge on any atom is -0.390 e. The second-order valence-electron chi connectivity index (χ2n) is 5.61. The number of sulfonamides is 1. The molecule has 4 N–H and O–H groups in total. The van der Waals surface area contributed by atoms with Crippen molar-refractivity contribution in [2.45, 2.75) is 23.5 Å². The maximum absolute atomic E-state index is 13.9. The molecule has 24 heavy (non-hydrogen) atoms. The van der Waals surface area contributed by atoms with Gasteiger partial charge in [0, 0.05) is 6.42 Å². The summed E-state index contributed by atoms with van der Waals surface area (Å²) in [5.74, 6) is -1.69. The lowest BCUT2D eigenvalue weighted by Crippen LogP contribution is -2.34. The third kappa shape index (κ3) is 3.03. The molecular formula is C16H15FN2O4S. The van der Waals surface area contributed by atoms with Crippen molar-refractivity contribution in [3.63, 3.8) is 0 Å². The highest BCUT2D eigenvalue weighted by atomic mass is 32.2. The summed E-state index contributed by atoms with van der Waals surface area (Å²) in [6.07, 6.45) is -0.461. The van der Waals surface area contributed by atoms with Gasteiger partial charge in [-0.25, -0.2) is 17.9 Å². The number of amides is 1. The largest absolute Gasteiger partial charge is 0.390 e. The fourth-order valence-corrected chi connectivity index (χ4v) is 3.36. The molecule has 2 atom stereocenters. The van der Waals surface area contributed by atoms with Gasteiger partial charge in [0.05, 0.1) is 22.6 Å². The fourth-order valence-electron chi connectivity index (χ4n) is 2.82. The van der Waals surface area contributed by atoms with Crippen LogP contribution < -0.4 is 10.5 Å². The lowest BCUT2D eigenvalue weighted by molar-refractivity contribution is 0.0854. The highest BCUT2D eigenvalue weighted by Gasteiger charge is 2.32. The van der Waals surface area contributed by atoms with Crippen molar-refractivity contribution in [1.29, 1.82) is 0 Å². The molecule has 0 unspecified atom stereocenters. The van der Waals surface area contributed by atoms with E-state index in [2.05, 4.69) is 5.32 Å². The molecule has 2 aromatic rings. The van der Waals surface area contributed by atoms with Gasteiger partial charge in [-0.05, 0) is 29.3 Å². The Labute approximate surface area is 138 Å². The van der Waals surface area contributed by atoms with E-state index in [1.54, 1.807) is 12.1 Å². The summed E-state index contributed by atoms with van der Waals surface area (Å²) in [6, 6.07) is 9.26. The molecule has 0 aromatic heterocycles. The van der Waals surface area contributed by atoms with Crippen LogP contribution in [0.25, 0.3) is 0 Å². The Kier molecular flexibility index (Phi) is 4.12. The number of hydrogen-bond donors (Lipinski definition) is 3. The molecule has 0 saturated carbocycles. The van der Waals surface area contributed by atoms with Gasteiger partial charge in [-0.1, -0.05) is 24.3 Å². The molecule has 2 aromatic carbocycles. The minimum atomic E-state index is -4.06. The molecule has 6 nitrogen and oxygen atoms in total. The van der Waals surface area contributed by atoms with Gasteiger partial charge >= 0.3 is 0 Å². The summed E-state index contributed by atoms with van der Waals surface area (Å²) in [6.45, 7) is 0. The summed E-state index contributed by atoms with van der Waals surface area (Å²) >= 11 is 0. The first-order chi connectivity index (χ1) is 11.3. The van der Waals surface area contributed by atoms with Crippen LogP contribution in [0.2, 0.25) is 0 Å². The van der Waals surface area contributed by atoms with E-state index in [9.17, 15) is 22.7 Å². The molecule has 1 aliphatic carbocycles. The number of carbonyl (C=O) groups is 1. The van der Waals surface area contributed by atoms with Crippen LogP contribution in [0.1, 0.15) is 27.5 Å². The number of nitrogens with one attached hydrogen (secondary N) is 1. The number of carbonyl (C=O) groups excluding carboxylic acids is 1. The zero-order chi connectivity index (χ0) is 17.5. The van der Waals surface area contributed by atoms with E-state index >= 15 is 0 Å². The number of fused-ring (bicyclic) bond motifs is 1. The third-order valence-electron chi connectivity index (χ3n) is 4.00. The second-order valence-corrected chi connectivity index (χ2v) is 7.17. The Morgan fingerprint density at radius 1 is 1.25 bits per heavy atom. The molecular weight excluding hydrogens is 335 g/mol.